The highest BCUT2D eigenvalue weighted by atomic mass is 19.2. The van der Waals surface area contributed by atoms with Crippen molar-refractivity contribution >= 4 is 0 Å². The van der Waals surface area contributed by atoms with Gasteiger partial charge in [-0.25, -0.2) is 13.2 Å². The van der Waals surface area contributed by atoms with Gasteiger partial charge < -0.3 is 9.84 Å². The zero-order valence-electron chi connectivity index (χ0n) is 11.6. The van der Waals surface area contributed by atoms with E-state index in [1.54, 1.807) is 0 Å². The van der Waals surface area contributed by atoms with E-state index in [4.69, 9.17) is 4.74 Å². The van der Waals surface area contributed by atoms with E-state index in [2.05, 4.69) is 6.92 Å². The number of aliphatic hydroxyl groups excluding tert-OH is 1. The quantitative estimate of drug-likeness (QED) is 0.859. The Labute approximate surface area is 116 Å². The molecule has 1 aliphatic carbocycles. The second-order valence-corrected chi connectivity index (χ2v) is 5.62. The van der Waals surface area contributed by atoms with Gasteiger partial charge >= 0.3 is 0 Å². The number of halogens is 3. The maximum Gasteiger partial charge on any atom is 0.194 e. The van der Waals surface area contributed by atoms with Crippen molar-refractivity contribution in [2.45, 2.75) is 44.3 Å². The average molecular weight is 288 g/mol. The molecule has 1 atom stereocenters. The van der Waals surface area contributed by atoms with E-state index in [-0.39, 0.29) is 5.56 Å². The first-order valence-corrected chi connectivity index (χ1v) is 6.78. The number of ether oxygens (including phenoxy) is 1. The van der Waals surface area contributed by atoms with Crippen LogP contribution in [0.25, 0.3) is 0 Å². The van der Waals surface area contributed by atoms with Gasteiger partial charge in [0.25, 0.3) is 0 Å². The number of methoxy groups -OCH3 is 1. The maximum absolute atomic E-state index is 13.8. The normalized spacial score (nSPS) is 28.4. The van der Waals surface area contributed by atoms with Gasteiger partial charge in [0.05, 0.1) is 5.60 Å². The molecule has 1 aromatic rings. The van der Waals surface area contributed by atoms with E-state index < -0.39 is 29.2 Å². The Kier molecular flexibility index (Phi) is 4.39. The maximum atomic E-state index is 13.8. The van der Waals surface area contributed by atoms with Crippen LogP contribution in [-0.2, 0) is 4.74 Å². The lowest BCUT2D eigenvalue weighted by Gasteiger charge is -2.41. The van der Waals surface area contributed by atoms with E-state index in [0.717, 1.165) is 25.0 Å². The minimum absolute atomic E-state index is 0.250. The van der Waals surface area contributed by atoms with Crippen molar-refractivity contribution in [2.75, 3.05) is 7.11 Å². The van der Waals surface area contributed by atoms with Crippen molar-refractivity contribution in [3.63, 3.8) is 0 Å². The predicted octanol–water partition coefficient (Wildman–Crippen LogP) is 3.73. The molecular weight excluding hydrogens is 269 g/mol. The fraction of sp³-hybridized carbons (Fsp3) is 0.600. The highest BCUT2D eigenvalue weighted by Crippen LogP contribution is 2.43. The van der Waals surface area contributed by atoms with Crippen molar-refractivity contribution in [1.82, 2.24) is 0 Å². The first-order valence-electron chi connectivity index (χ1n) is 6.78. The Morgan fingerprint density at radius 3 is 2.35 bits per heavy atom. The summed E-state index contributed by atoms with van der Waals surface area (Å²) in [6.45, 7) is 2.10. The Balaban J connectivity index is 2.34. The third kappa shape index (κ3) is 2.56. The van der Waals surface area contributed by atoms with Crippen LogP contribution < -0.4 is 0 Å². The average Bonchev–Trinajstić information content (AvgIpc) is 2.46. The molecule has 2 rings (SSSR count). The summed E-state index contributed by atoms with van der Waals surface area (Å²) in [5.74, 6) is -3.65. The Hall–Kier alpha value is -1.07. The van der Waals surface area contributed by atoms with Crippen molar-refractivity contribution in [3.8, 4) is 0 Å². The van der Waals surface area contributed by atoms with Gasteiger partial charge in [-0.05, 0) is 37.7 Å². The molecule has 2 nitrogen and oxygen atoms in total. The van der Waals surface area contributed by atoms with Gasteiger partial charge in [-0.3, -0.25) is 0 Å². The zero-order valence-corrected chi connectivity index (χ0v) is 11.6. The van der Waals surface area contributed by atoms with Crippen LogP contribution in [0.4, 0.5) is 13.2 Å². The minimum atomic E-state index is -1.56. The van der Waals surface area contributed by atoms with Crippen LogP contribution in [-0.4, -0.2) is 17.8 Å². The summed E-state index contributed by atoms with van der Waals surface area (Å²) in [6, 6.07) is 1.91. The van der Waals surface area contributed by atoms with Crippen LogP contribution in [0.15, 0.2) is 12.1 Å². The molecule has 0 spiro atoms. The molecule has 1 fully saturated rings. The van der Waals surface area contributed by atoms with Gasteiger partial charge in [0, 0.05) is 12.7 Å². The lowest BCUT2D eigenvalue weighted by molar-refractivity contribution is -0.131. The molecule has 1 aromatic carbocycles. The zero-order chi connectivity index (χ0) is 14.9. The van der Waals surface area contributed by atoms with Gasteiger partial charge in [0.1, 0.15) is 6.10 Å². The van der Waals surface area contributed by atoms with E-state index in [0.29, 0.717) is 18.8 Å². The van der Waals surface area contributed by atoms with Gasteiger partial charge in [0.2, 0.25) is 0 Å². The third-order valence-electron chi connectivity index (χ3n) is 4.39. The monoisotopic (exact) mass is 288 g/mol. The Bertz CT molecular complexity index is 482. The molecule has 0 heterocycles. The van der Waals surface area contributed by atoms with E-state index in [1.807, 2.05) is 0 Å². The Morgan fingerprint density at radius 1 is 1.20 bits per heavy atom. The van der Waals surface area contributed by atoms with Crippen LogP contribution in [0, 0.1) is 23.4 Å². The van der Waals surface area contributed by atoms with Crippen LogP contribution >= 0.6 is 0 Å². The van der Waals surface area contributed by atoms with Crippen molar-refractivity contribution in [3.05, 3.63) is 35.1 Å². The summed E-state index contributed by atoms with van der Waals surface area (Å²) in [5.41, 5.74) is -1.18. The number of hydrogen-bond donors (Lipinski definition) is 1. The van der Waals surface area contributed by atoms with Gasteiger partial charge in [-0.1, -0.05) is 13.0 Å². The first-order chi connectivity index (χ1) is 9.41. The number of rotatable bonds is 3. The molecule has 5 heteroatoms. The van der Waals surface area contributed by atoms with Gasteiger partial charge in [-0.15, -0.1) is 0 Å². The van der Waals surface area contributed by atoms with Crippen molar-refractivity contribution in [1.29, 1.82) is 0 Å². The molecule has 112 valence electrons. The summed E-state index contributed by atoms with van der Waals surface area (Å²) in [6.07, 6.45) is 1.50. The summed E-state index contributed by atoms with van der Waals surface area (Å²) in [4.78, 5) is 0. The molecular formula is C15H19F3O2. The van der Waals surface area contributed by atoms with Gasteiger partial charge in [0.15, 0.2) is 17.5 Å². The number of hydrogen-bond acceptors (Lipinski definition) is 2. The first kappa shape index (κ1) is 15.3. The molecule has 0 radical (unpaired) electrons. The molecule has 0 bridgehead atoms. The number of aliphatic hydroxyl groups is 1. The Morgan fingerprint density at radius 2 is 1.80 bits per heavy atom. The fourth-order valence-corrected chi connectivity index (χ4v) is 2.88. The molecule has 0 amide bonds. The summed E-state index contributed by atoms with van der Waals surface area (Å²) in [5, 5.41) is 10.4. The minimum Gasteiger partial charge on any atom is -0.385 e. The van der Waals surface area contributed by atoms with Crippen LogP contribution in [0.3, 0.4) is 0 Å². The largest absolute Gasteiger partial charge is 0.385 e. The molecule has 1 saturated carbocycles. The van der Waals surface area contributed by atoms with E-state index in [9.17, 15) is 18.3 Å². The third-order valence-corrected chi connectivity index (χ3v) is 4.39. The molecule has 1 N–H and O–H groups in total. The fourth-order valence-electron chi connectivity index (χ4n) is 2.88. The highest BCUT2D eigenvalue weighted by molar-refractivity contribution is 5.25. The molecule has 1 unspecified atom stereocenters. The lowest BCUT2D eigenvalue weighted by atomic mass is 9.74. The molecule has 20 heavy (non-hydrogen) atoms. The van der Waals surface area contributed by atoms with Crippen LogP contribution in [0.1, 0.15) is 44.3 Å². The predicted molar refractivity (Wildman–Crippen MR) is 68.6 cm³/mol. The van der Waals surface area contributed by atoms with Crippen molar-refractivity contribution < 1.29 is 23.0 Å². The number of benzene rings is 1. The van der Waals surface area contributed by atoms with E-state index >= 15 is 0 Å². The molecule has 1 aliphatic rings. The van der Waals surface area contributed by atoms with Crippen LogP contribution in [0.5, 0.6) is 0 Å². The summed E-state index contributed by atoms with van der Waals surface area (Å²) < 4.78 is 45.5. The van der Waals surface area contributed by atoms with Crippen LogP contribution in [0.2, 0.25) is 0 Å². The lowest BCUT2D eigenvalue weighted by Crippen LogP contribution is -2.42. The topological polar surface area (TPSA) is 29.5 Å². The summed E-state index contributed by atoms with van der Waals surface area (Å²) in [7, 11) is 1.46. The highest BCUT2D eigenvalue weighted by Gasteiger charge is 2.43. The second kappa shape index (κ2) is 5.74. The second-order valence-electron chi connectivity index (χ2n) is 5.62. The molecule has 0 aliphatic heterocycles. The summed E-state index contributed by atoms with van der Waals surface area (Å²) >= 11 is 0. The van der Waals surface area contributed by atoms with E-state index in [1.165, 1.54) is 7.11 Å². The van der Waals surface area contributed by atoms with Crippen molar-refractivity contribution in [2.24, 2.45) is 5.92 Å². The standard InChI is InChI=1S/C15H19F3O2/c1-9-5-7-15(20-2,8-6-9)14(19)10-3-4-11(16)13(18)12(10)17/h3-4,9,14,19H,5-8H2,1-2H3. The smallest absolute Gasteiger partial charge is 0.194 e. The molecule has 0 saturated heterocycles. The molecule has 0 aromatic heterocycles. The van der Waals surface area contributed by atoms with Gasteiger partial charge in [-0.2, -0.15) is 0 Å². The SMILES string of the molecule is COC1(C(O)c2ccc(F)c(F)c2F)CCC(C)CC1.